The largest absolute Gasteiger partial charge is 0.366 e. The SMILES string of the molecule is CN(Cc1csc2ccccc12)C(=O)C1CNCCO1. The zero-order chi connectivity index (χ0) is 13.9. The lowest BCUT2D eigenvalue weighted by atomic mass is 10.1. The summed E-state index contributed by atoms with van der Waals surface area (Å²) in [6, 6.07) is 8.30. The molecule has 0 bridgehead atoms. The van der Waals surface area contributed by atoms with E-state index in [1.165, 1.54) is 15.6 Å². The normalized spacial score (nSPS) is 19.1. The Labute approximate surface area is 122 Å². The molecule has 1 saturated heterocycles. The molecule has 3 rings (SSSR count). The average Bonchev–Trinajstić information content (AvgIpc) is 2.91. The van der Waals surface area contributed by atoms with Crippen LogP contribution in [0.3, 0.4) is 0 Å². The highest BCUT2D eigenvalue weighted by Crippen LogP contribution is 2.26. The second-order valence-corrected chi connectivity index (χ2v) is 5.93. The third-order valence-corrected chi connectivity index (χ3v) is 4.56. The molecule has 106 valence electrons. The Bertz CT molecular complexity index is 605. The molecule has 0 saturated carbocycles. The fourth-order valence-corrected chi connectivity index (χ4v) is 3.41. The van der Waals surface area contributed by atoms with Gasteiger partial charge < -0.3 is 15.0 Å². The van der Waals surface area contributed by atoms with E-state index in [0.717, 1.165) is 6.54 Å². The first-order valence-electron chi connectivity index (χ1n) is 6.78. The second-order valence-electron chi connectivity index (χ2n) is 5.01. The van der Waals surface area contributed by atoms with Gasteiger partial charge in [0.1, 0.15) is 6.10 Å². The summed E-state index contributed by atoms with van der Waals surface area (Å²) in [5, 5.41) is 6.56. The van der Waals surface area contributed by atoms with Crippen LogP contribution in [0, 0.1) is 0 Å². The lowest BCUT2D eigenvalue weighted by Crippen LogP contribution is -2.48. The molecular weight excluding hydrogens is 272 g/mol. The number of fused-ring (bicyclic) bond motifs is 1. The number of hydrogen-bond acceptors (Lipinski definition) is 4. The van der Waals surface area contributed by atoms with Gasteiger partial charge in [0.2, 0.25) is 0 Å². The number of carbonyl (C=O) groups excluding carboxylic acids is 1. The Hall–Kier alpha value is -1.43. The van der Waals surface area contributed by atoms with Crippen LogP contribution in [0.5, 0.6) is 0 Å². The first kappa shape index (κ1) is 13.5. The van der Waals surface area contributed by atoms with Gasteiger partial charge in [0, 0.05) is 31.4 Å². The topological polar surface area (TPSA) is 41.6 Å². The van der Waals surface area contributed by atoms with Gasteiger partial charge in [-0.3, -0.25) is 4.79 Å². The Morgan fingerprint density at radius 2 is 2.35 bits per heavy atom. The van der Waals surface area contributed by atoms with Crippen LogP contribution in [0.25, 0.3) is 10.1 Å². The molecule has 1 N–H and O–H groups in total. The predicted molar refractivity (Wildman–Crippen MR) is 80.9 cm³/mol. The van der Waals surface area contributed by atoms with Crippen molar-refractivity contribution in [1.29, 1.82) is 0 Å². The van der Waals surface area contributed by atoms with Crippen LogP contribution in [0.15, 0.2) is 29.6 Å². The molecule has 1 aromatic carbocycles. The maximum Gasteiger partial charge on any atom is 0.253 e. The van der Waals surface area contributed by atoms with Gasteiger partial charge in [-0.05, 0) is 22.4 Å². The maximum absolute atomic E-state index is 12.3. The van der Waals surface area contributed by atoms with Gasteiger partial charge in [0.05, 0.1) is 6.61 Å². The smallest absolute Gasteiger partial charge is 0.253 e. The number of likely N-dealkylation sites (N-methyl/N-ethyl adjacent to an activating group) is 1. The summed E-state index contributed by atoms with van der Waals surface area (Å²) in [6.07, 6.45) is -0.348. The number of benzene rings is 1. The van der Waals surface area contributed by atoms with E-state index < -0.39 is 0 Å². The van der Waals surface area contributed by atoms with Gasteiger partial charge in [-0.2, -0.15) is 0 Å². The standard InChI is InChI=1S/C15H18N2O2S/c1-17(15(18)13-8-16-6-7-19-13)9-11-10-20-14-5-3-2-4-12(11)14/h2-5,10,13,16H,6-9H2,1H3. The van der Waals surface area contributed by atoms with Gasteiger partial charge in [-0.15, -0.1) is 11.3 Å². The molecule has 2 heterocycles. The third kappa shape index (κ3) is 2.70. The van der Waals surface area contributed by atoms with Crippen LogP contribution in [0.1, 0.15) is 5.56 Å². The van der Waals surface area contributed by atoms with Crippen molar-refractivity contribution in [3.05, 3.63) is 35.2 Å². The number of nitrogens with zero attached hydrogens (tertiary/aromatic N) is 1. The Morgan fingerprint density at radius 3 is 3.15 bits per heavy atom. The van der Waals surface area contributed by atoms with E-state index in [9.17, 15) is 4.79 Å². The minimum atomic E-state index is -0.348. The van der Waals surface area contributed by atoms with Gasteiger partial charge in [0.25, 0.3) is 5.91 Å². The number of hydrogen-bond donors (Lipinski definition) is 1. The van der Waals surface area contributed by atoms with E-state index >= 15 is 0 Å². The Kier molecular flexibility index (Phi) is 4.00. The van der Waals surface area contributed by atoms with Crippen molar-refractivity contribution >= 4 is 27.3 Å². The third-order valence-electron chi connectivity index (χ3n) is 3.55. The van der Waals surface area contributed by atoms with E-state index in [4.69, 9.17) is 4.74 Å². The molecule has 4 nitrogen and oxygen atoms in total. The summed E-state index contributed by atoms with van der Waals surface area (Å²) in [5.74, 6) is 0.0486. The van der Waals surface area contributed by atoms with Crippen molar-refractivity contribution in [3.63, 3.8) is 0 Å². The zero-order valence-electron chi connectivity index (χ0n) is 11.5. The number of carbonyl (C=O) groups is 1. The molecule has 1 aliphatic rings. The summed E-state index contributed by atoms with van der Waals surface area (Å²) in [6.45, 7) is 2.66. The molecule has 1 fully saturated rings. The lowest BCUT2D eigenvalue weighted by molar-refractivity contribution is -0.144. The van der Waals surface area contributed by atoms with E-state index in [1.807, 2.05) is 19.2 Å². The van der Waals surface area contributed by atoms with Crippen LogP contribution < -0.4 is 5.32 Å². The van der Waals surface area contributed by atoms with E-state index in [-0.39, 0.29) is 12.0 Å². The van der Waals surface area contributed by atoms with E-state index in [1.54, 1.807) is 16.2 Å². The Morgan fingerprint density at radius 1 is 1.50 bits per heavy atom. The molecule has 5 heteroatoms. The summed E-state index contributed by atoms with van der Waals surface area (Å²) in [7, 11) is 1.84. The number of morpholine rings is 1. The van der Waals surface area contributed by atoms with Crippen LogP contribution in [-0.4, -0.2) is 43.7 Å². The average molecular weight is 290 g/mol. The van der Waals surface area contributed by atoms with Crippen molar-refractivity contribution < 1.29 is 9.53 Å². The predicted octanol–water partition coefficient (Wildman–Crippen LogP) is 1.85. The minimum absolute atomic E-state index is 0.0486. The fourth-order valence-electron chi connectivity index (χ4n) is 2.46. The van der Waals surface area contributed by atoms with Gasteiger partial charge >= 0.3 is 0 Å². The molecule has 0 spiro atoms. The summed E-state index contributed by atoms with van der Waals surface area (Å²) in [5.41, 5.74) is 1.20. The number of amides is 1. The van der Waals surface area contributed by atoms with Crippen molar-refractivity contribution in [3.8, 4) is 0 Å². The number of nitrogens with one attached hydrogen (secondary N) is 1. The van der Waals surface area contributed by atoms with E-state index in [2.05, 4.69) is 22.8 Å². The fraction of sp³-hybridized carbons (Fsp3) is 0.400. The van der Waals surface area contributed by atoms with Gasteiger partial charge in [0.15, 0.2) is 0 Å². The molecule has 1 unspecified atom stereocenters. The van der Waals surface area contributed by atoms with Crippen LogP contribution in [0.2, 0.25) is 0 Å². The highest BCUT2D eigenvalue weighted by atomic mass is 32.1. The molecule has 2 aromatic rings. The highest BCUT2D eigenvalue weighted by molar-refractivity contribution is 7.17. The summed E-state index contributed by atoms with van der Waals surface area (Å²) in [4.78, 5) is 14.1. The minimum Gasteiger partial charge on any atom is -0.366 e. The maximum atomic E-state index is 12.3. The lowest BCUT2D eigenvalue weighted by Gasteiger charge is -2.27. The number of ether oxygens (including phenoxy) is 1. The quantitative estimate of drug-likeness (QED) is 0.938. The molecule has 0 radical (unpaired) electrons. The van der Waals surface area contributed by atoms with Crippen LogP contribution in [0.4, 0.5) is 0 Å². The molecule has 1 aromatic heterocycles. The molecule has 20 heavy (non-hydrogen) atoms. The molecule has 0 aliphatic carbocycles. The van der Waals surface area contributed by atoms with Crippen LogP contribution >= 0.6 is 11.3 Å². The second kappa shape index (κ2) is 5.91. The van der Waals surface area contributed by atoms with E-state index in [0.29, 0.717) is 19.7 Å². The van der Waals surface area contributed by atoms with Crippen molar-refractivity contribution in [2.24, 2.45) is 0 Å². The number of thiophene rings is 1. The van der Waals surface area contributed by atoms with Crippen LogP contribution in [-0.2, 0) is 16.1 Å². The van der Waals surface area contributed by atoms with Crippen molar-refractivity contribution in [1.82, 2.24) is 10.2 Å². The molecular formula is C15H18N2O2S. The van der Waals surface area contributed by atoms with Crippen molar-refractivity contribution in [2.45, 2.75) is 12.6 Å². The van der Waals surface area contributed by atoms with Gasteiger partial charge in [-0.25, -0.2) is 0 Å². The highest BCUT2D eigenvalue weighted by Gasteiger charge is 2.25. The molecule has 1 aliphatic heterocycles. The summed E-state index contributed by atoms with van der Waals surface area (Å²) >= 11 is 1.72. The zero-order valence-corrected chi connectivity index (χ0v) is 12.3. The van der Waals surface area contributed by atoms with Crippen molar-refractivity contribution in [2.75, 3.05) is 26.7 Å². The Balaban J connectivity index is 1.71. The molecule has 1 amide bonds. The first-order chi connectivity index (χ1) is 9.75. The van der Waals surface area contributed by atoms with Gasteiger partial charge in [-0.1, -0.05) is 18.2 Å². The first-order valence-corrected chi connectivity index (χ1v) is 7.66. The molecule has 1 atom stereocenters. The number of rotatable bonds is 3. The monoisotopic (exact) mass is 290 g/mol. The summed E-state index contributed by atoms with van der Waals surface area (Å²) < 4.78 is 6.78.